The summed E-state index contributed by atoms with van der Waals surface area (Å²) >= 11 is 0. The van der Waals surface area contributed by atoms with Crippen molar-refractivity contribution in [2.45, 2.75) is 38.9 Å². The van der Waals surface area contributed by atoms with E-state index in [-0.39, 0.29) is 6.10 Å². The molecule has 0 fully saturated rings. The Kier molecular flexibility index (Phi) is 5.95. The van der Waals surface area contributed by atoms with E-state index >= 15 is 0 Å². The van der Waals surface area contributed by atoms with Crippen LogP contribution in [0.1, 0.15) is 38.4 Å². The lowest BCUT2D eigenvalue weighted by atomic mass is 9.99. The average Bonchev–Trinajstić information content (AvgIpc) is 2.34. The van der Waals surface area contributed by atoms with Crippen LogP contribution in [0.4, 0.5) is 0 Å². The second kappa shape index (κ2) is 7.25. The number of hydrogen-bond donors (Lipinski definition) is 1. The van der Waals surface area contributed by atoms with Gasteiger partial charge in [-0.15, -0.1) is 6.58 Å². The first kappa shape index (κ1) is 13.9. The fourth-order valence-electron chi connectivity index (χ4n) is 1.80. The van der Waals surface area contributed by atoms with Gasteiger partial charge in [-0.3, -0.25) is 0 Å². The van der Waals surface area contributed by atoms with Gasteiger partial charge >= 0.3 is 0 Å². The standard InChI is InChI=1S/C15H22O2/c1-4-17-15(13-8-6-5-7-9-13)14(16)11-10-12(2)3/h5-9,14-16H,2,4,10-11H2,1,3H3. The van der Waals surface area contributed by atoms with E-state index in [0.717, 1.165) is 17.6 Å². The molecule has 0 saturated carbocycles. The quantitative estimate of drug-likeness (QED) is 0.732. The van der Waals surface area contributed by atoms with Gasteiger partial charge in [0.1, 0.15) is 6.10 Å². The van der Waals surface area contributed by atoms with E-state index in [4.69, 9.17) is 4.74 Å². The van der Waals surface area contributed by atoms with Crippen molar-refractivity contribution in [2.75, 3.05) is 6.61 Å². The molecule has 2 atom stereocenters. The molecule has 0 aromatic heterocycles. The number of ether oxygens (including phenoxy) is 1. The van der Waals surface area contributed by atoms with E-state index in [0.29, 0.717) is 13.0 Å². The zero-order valence-electron chi connectivity index (χ0n) is 10.7. The molecule has 0 saturated heterocycles. The molecule has 2 unspecified atom stereocenters. The first-order valence-electron chi connectivity index (χ1n) is 6.14. The van der Waals surface area contributed by atoms with Crippen LogP contribution in [0.2, 0.25) is 0 Å². The third kappa shape index (κ3) is 4.72. The van der Waals surface area contributed by atoms with Crippen LogP contribution in [0.25, 0.3) is 0 Å². The minimum Gasteiger partial charge on any atom is -0.390 e. The smallest absolute Gasteiger partial charge is 0.108 e. The van der Waals surface area contributed by atoms with E-state index in [1.165, 1.54) is 0 Å². The Balaban J connectivity index is 2.68. The summed E-state index contributed by atoms with van der Waals surface area (Å²) in [6, 6.07) is 9.88. The zero-order valence-corrected chi connectivity index (χ0v) is 10.7. The number of hydrogen-bond acceptors (Lipinski definition) is 2. The summed E-state index contributed by atoms with van der Waals surface area (Å²) in [5.74, 6) is 0. The Hall–Kier alpha value is -1.12. The van der Waals surface area contributed by atoms with Crippen LogP contribution in [0.3, 0.4) is 0 Å². The van der Waals surface area contributed by atoms with Crippen molar-refractivity contribution < 1.29 is 9.84 Å². The van der Waals surface area contributed by atoms with Gasteiger partial charge in [0.25, 0.3) is 0 Å². The van der Waals surface area contributed by atoms with Gasteiger partial charge in [-0.05, 0) is 32.3 Å². The number of rotatable bonds is 7. The fourth-order valence-corrected chi connectivity index (χ4v) is 1.80. The first-order chi connectivity index (χ1) is 8.15. The van der Waals surface area contributed by atoms with Crippen molar-refractivity contribution in [3.63, 3.8) is 0 Å². The summed E-state index contributed by atoms with van der Waals surface area (Å²) in [6.07, 6.45) is 0.807. The Bertz CT molecular complexity index is 332. The summed E-state index contributed by atoms with van der Waals surface area (Å²) in [5, 5.41) is 10.2. The highest BCUT2D eigenvalue weighted by Gasteiger charge is 2.20. The van der Waals surface area contributed by atoms with Gasteiger partial charge in [0.2, 0.25) is 0 Å². The summed E-state index contributed by atoms with van der Waals surface area (Å²) in [7, 11) is 0. The predicted octanol–water partition coefficient (Wildman–Crippen LogP) is 3.48. The third-order valence-electron chi connectivity index (χ3n) is 2.69. The number of benzene rings is 1. The molecular formula is C15H22O2. The normalized spacial score (nSPS) is 14.3. The van der Waals surface area contributed by atoms with Crippen molar-refractivity contribution in [2.24, 2.45) is 0 Å². The molecule has 17 heavy (non-hydrogen) atoms. The zero-order chi connectivity index (χ0) is 12.7. The molecular weight excluding hydrogens is 212 g/mol. The minimum atomic E-state index is -0.478. The number of aliphatic hydroxyl groups excluding tert-OH is 1. The van der Waals surface area contributed by atoms with Gasteiger partial charge in [0.05, 0.1) is 6.10 Å². The van der Waals surface area contributed by atoms with Crippen molar-refractivity contribution in [3.05, 3.63) is 48.0 Å². The molecule has 2 heteroatoms. The first-order valence-corrected chi connectivity index (χ1v) is 6.14. The Morgan fingerprint density at radius 3 is 2.53 bits per heavy atom. The SMILES string of the molecule is C=C(C)CCC(O)C(OCC)c1ccccc1. The summed E-state index contributed by atoms with van der Waals surface area (Å²) in [4.78, 5) is 0. The summed E-state index contributed by atoms with van der Waals surface area (Å²) < 4.78 is 5.64. The molecule has 0 radical (unpaired) electrons. The van der Waals surface area contributed by atoms with Crippen LogP contribution in [-0.2, 0) is 4.74 Å². The molecule has 0 amide bonds. The maximum absolute atomic E-state index is 10.2. The lowest BCUT2D eigenvalue weighted by molar-refractivity contribution is -0.0375. The molecule has 0 bridgehead atoms. The van der Waals surface area contributed by atoms with Crippen LogP contribution in [0.15, 0.2) is 42.5 Å². The lowest BCUT2D eigenvalue weighted by Crippen LogP contribution is -2.21. The molecule has 1 N–H and O–H groups in total. The maximum Gasteiger partial charge on any atom is 0.108 e. The highest BCUT2D eigenvalue weighted by Crippen LogP contribution is 2.24. The second-order valence-electron chi connectivity index (χ2n) is 4.35. The molecule has 0 heterocycles. The average molecular weight is 234 g/mol. The van der Waals surface area contributed by atoms with E-state index in [2.05, 4.69) is 6.58 Å². The second-order valence-corrected chi connectivity index (χ2v) is 4.35. The van der Waals surface area contributed by atoms with Crippen molar-refractivity contribution >= 4 is 0 Å². The Morgan fingerprint density at radius 2 is 2.00 bits per heavy atom. The Labute approximate surface area is 104 Å². The number of aliphatic hydroxyl groups is 1. The van der Waals surface area contributed by atoms with Gasteiger partial charge in [-0.2, -0.15) is 0 Å². The molecule has 1 rings (SSSR count). The van der Waals surface area contributed by atoms with Gasteiger partial charge in [-0.1, -0.05) is 35.9 Å². The van der Waals surface area contributed by atoms with Crippen LogP contribution < -0.4 is 0 Å². The molecule has 1 aromatic rings. The maximum atomic E-state index is 10.2. The van der Waals surface area contributed by atoms with Crippen molar-refractivity contribution in [1.29, 1.82) is 0 Å². The van der Waals surface area contributed by atoms with E-state index < -0.39 is 6.10 Å². The number of allylic oxidation sites excluding steroid dienone is 1. The van der Waals surface area contributed by atoms with Crippen LogP contribution in [-0.4, -0.2) is 17.8 Å². The van der Waals surface area contributed by atoms with Crippen molar-refractivity contribution in [3.8, 4) is 0 Å². The molecule has 0 aliphatic rings. The van der Waals surface area contributed by atoms with Gasteiger partial charge in [0, 0.05) is 6.61 Å². The van der Waals surface area contributed by atoms with Crippen LogP contribution >= 0.6 is 0 Å². The monoisotopic (exact) mass is 234 g/mol. The summed E-state index contributed by atoms with van der Waals surface area (Å²) in [6.45, 7) is 8.38. The Morgan fingerprint density at radius 1 is 1.35 bits per heavy atom. The third-order valence-corrected chi connectivity index (χ3v) is 2.69. The van der Waals surface area contributed by atoms with Crippen LogP contribution in [0, 0.1) is 0 Å². The van der Waals surface area contributed by atoms with Crippen LogP contribution in [0.5, 0.6) is 0 Å². The highest BCUT2D eigenvalue weighted by atomic mass is 16.5. The molecule has 1 aromatic carbocycles. The molecule has 0 aliphatic heterocycles. The topological polar surface area (TPSA) is 29.5 Å². The highest BCUT2D eigenvalue weighted by molar-refractivity contribution is 5.18. The predicted molar refractivity (Wildman–Crippen MR) is 70.9 cm³/mol. The molecule has 0 aliphatic carbocycles. The lowest BCUT2D eigenvalue weighted by Gasteiger charge is -2.23. The molecule has 0 spiro atoms. The molecule has 2 nitrogen and oxygen atoms in total. The van der Waals surface area contributed by atoms with E-state index in [1.54, 1.807) is 0 Å². The fraction of sp³-hybridized carbons (Fsp3) is 0.467. The van der Waals surface area contributed by atoms with Gasteiger partial charge < -0.3 is 9.84 Å². The van der Waals surface area contributed by atoms with Crippen molar-refractivity contribution in [1.82, 2.24) is 0 Å². The minimum absolute atomic E-state index is 0.236. The summed E-state index contributed by atoms with van der Waals surface area (Å²) in [5.41, 5.74) is 2.12. The largest absolute Gasteiger partial charge is 0.390 e. The van der Waals surface area contributed by atoms with Gasteiger partial charge in [-0.25, -0.2) is 0 Å². The molecule has 94 valence electrons. The van der Waals surface area contributed by atoms with E-state index in [9.17, 15) is 5.11 Å². The van der Waals surface area contributed by atoms with Gasteiger partial charge in [0.15, 0.2) is 0 Å². The van der Waals surface area contributed by atoms with E-state index in [1.807, 2.05) is 44.2 Å².